The molecule has 0 radical (unpaired) electrons. The van der Waals surface area contributed by atoms with Gasteiger partial charge in [-0.15, -0.1) is 0 Å². The van der Waals surface area contributed by atoms with E-state index in [1.165, 1.54) is 19.3 Å². The molecule has 1 aromatic carbocycles. The van der Waals surface area contributed by atoms with Gasteiger partial charge in [0.05, 0.1) is 12.8 Å². The van der Waals surface area contributed by atoms with Crippen molar-refractivity contribution in [2.75, 3.05) is 12.4 Å². The predicted molar refractivity (Wildman–Crippen MR) is 89.2 cm³/mol. The first-order valence-corrected chi connectivity index (χ1v) is 7.98. The summed E-state index contributed by atoms with van der Waals surface area (Å²) in [6.07, 6.45) is 6.05. The minimum Gasteiger partial charge on any atom is -0.497 e. The van der Waals surface area contributed by atoms with Gasteiger partial charge in [-0.25, -0.2) is 9.97 Å². The van der Waals surface area contributed by atoms with Crippen LogP contribution in [-0.4, -0.2) is 23.1 Å². The van der Waals surface area contributed by atoms with E-state index in [-0.39, 0.29) is 0 Å². The van der Waals surface area contributed by atoms with Crippen molar-refractivity contribution in [1.29, 1.82) is 5.26 Å². The van der Waals surface area contributed by atoms with Crippen molar-refractivity contribution in [2.45, 2.75) is 38.1 Å². The van der Waals surface area contributed by atoms with Gasteiger partial charge in [0.2, 0.25) is 5.95 Å². The van der Waals surface area contributed by atoms with Crippen LogP contribution in [0.3, 0.4) is 0 Å². The number of nitrogens with zero attached hydrogens (tertiary/aromatic N) is 3. The van der Waals surface area contributed by atoms with Gasteiger partial charge in [-0.3, -0.25) is 0 Å². The summed E-state index contributed by atoms with van der Waals surface area (Å²) in [4.78, 5) is 8.88. The SMILES string of the molecule is COc1ccc(-c2cc(C#N)nc(NC3CCCCC3)n2)cc1. The lowest BCUT2D eigenvalue weighted by Crippen LogP contribution is -2.23. The second-order valence-corrected chi connectivity index (χ2v) is 5.78. The highest BCUT2D eigenvalue weighted by Crippen LogP contribution is 2.24. The summed E-state index contributed by atoms with van der Waals surface area (Å²) >= 11 is 0. The standard InChI is InChI=1S/C18H20N4O/c1-23-16-9-7-13(8-10-16)17-11-15(12-19)21-18(22-17)20-14-5-3-2-4-6-14/h7-11,14H,2-6H2,1H3,(H,20,21,22). The number of benzene rings is 1. The molecular weight excluding hydrogens is 288 g/mol. The Kier molecular flexibility index (Phi) is 4.72. The highest BCUT2D eigenvalue weighted by Gasteiger charge is 2.15. The summed E-state index contributed by atoms with van der Waals surface area (Å²) in [5.74, 6) is 1.34. The third-order valence-corrected chi connectivity index (χ3v) is 4.16. The summed E-state index contributed by atoms with van der Waals surface area (Å²) < 4.78 is 5.18. The number of aromatic nitrogens is 2. The summed E-state index contributed by atoms with van der Waals surface area (Å²) in [6, 6.07) is 11.9. The van der Waals surface area contributed by atoms with Gasteiger partial charge in [0.1, 0.15) is 17.5 Å². The fraction of sp³-hybridized carbons (Fsp3) is 0.389. The highest BCUT2D eigenvalue weighted by molar-refractivity contribution is 5.62. The van der Waals surface area contributed by atoms with Crippen molar-refractivity contribution in [3.8, 4) is 23.1 Å². The van der Waals surface area contributed by atoms with Crippen molar-refractivity contribution in [2.24, 2.45) is 0 Å². The summed E-state index contributed by atoms with van der Waals surface area (Å²) in [6.45, 7) is 0. The van der Waals surface area contributed by atoms with Crippen molar-refractivity contribution in [3.63, 3.8) is 0 Å². The number of ether oxygens (including phenoxy) is 1. The van der Waals surface area contributed by atoms with Gasteiger partial charge in [-0.2, -0.15) is 5.26 Å². The molecule has 1 fully saturated rings. The fourth-order valence-corrected chi connectivity index (χ4v) is 2.91. The molecule has 1 saturated carbocycles. The maximum atomic E-state index is 9.23. The molecule has 0 atom stereocenters. The molecule has 1 heterocycles. The molecular formula is C18H20N4O. The van der Waals surface area contributed by atoms with E-state index in [1.807, 2.05) is 24.3 Å². The number of anilines is 1. The van der Waals surface area contributed by atoms with Crippen molar-refractivity contribution < 1.29 is 4.74 Å². The normalized spacial score (nSPS) is 15.0. The average Bonchev–Trinajstić information content (AvgIpc) is 2.62. The van der Waals surface area contributed by atoms with Crippen LogP contribution in [0, 0.1) is 11.3 Å². The van der Waals surface area contributed by atoms with Crippen LogP contribution in [0.25, 0.3) is 11.3 Å². The van der Waals surface area contributed by atoms with Crippen LogP contribution in [0.2, 0.25) is 0 Å². The molecule has 0 bridgehead atoms. The summed E-state index contributed by atoms with van der Waals surface area (Å²) in [5.41, 5.74) is 2.07. The van der Waals surface area contributed by atoms with Crippen LogP contribution in [0.4, 0.5) is 5.95 Å². The second kappa shape index (κ2) is 7.10. The minimum absolute atomic E-state index is 0.379. The van der Waals surface area contributed by atoms with Crippen molar-refractivity contribution >= 4 is 5.95 Å². The number of hydrogen-bond donors (Lipinski definition) is 1. The first-order valence-electron chi connectivity index (χ1n) is 7.98. The predicted octanol–water partition coefficient (Wildman–Crippen LogP) is 3.77. The molecule has 5 heteroatoms. The van der Waals surface area contributed by atoms with E-state index in [2.05, 4.69) is 21.4 Å². The lowest BCUT2D eigenvalue weighted by molar-refractivity contribution is 0.415. The van der Waals surface area contributed by atoms with Crippen LogP contribution < -0.4 is 10.1 Å². The van der Waals surface area contributed by atoms with E-state index in [0.717, 1.165) is 29.8 Å². The summed E-state index contributed by atoms with van der Waals surface area (Å²) in [5, 5.41) is 12.6. The molecule has 1 aliphatic rings. The maximum Gasteiger partial charge on any atom is 0.224 e. The van der Waals surface area contributed by atoms with E-state index in [9.17, 15) is 5.26 Å². The molecule has 1 aromatic heterocycles. The number of hydrogen-bond acceptors (Lipinski definition) is 5. The van der Waals surface area contributed by atoms with Crippen molar-refractivity contribution in [3.05, 3.63) is 36.0 Å². The van der Waals surface area contributed by atoms with Gasteiger partial charge in [-0.1, -0.05) is 19.3 Å². The maximum absolute atomic E-state index is 9.23. The zero-order valence-electron chi connectivity index (χ0n) is 13.2. The average molecular weight is 308 g/mol. The smallest absolute Gasteiger partial charge is 0.224 e. The Morgan fingerprint density at radius 2 is 1.87 bits per heavy atom. The third kappa shape index (κ3) is 3.78. The second-order valence-electron chi connectivity index (χ2n) is 5.78. The quantitative estimate of drug-likeness (QED) is 0.931. The van der Waals surface area contributed by atoms with E-state index in [4.69, 9.17) is 4.74 Å². The fourth-order valence-electron chi connectivity index (χ4n) is 2.91. The molecule has 0 spiro atoms. The Morgan fingerprint density at radius 3 is 2.52 bits per heavy atom. The number of rotatable bonds is 4. The molecule has 118 valence electrons. The monoisotopic (exact) mass is 308 g/mol. The largest absolute Gasteiger partial charge is 0.497 e. The molecule has 23 heavy (non-hydrogen) atoms. The van der Waals surface area contributed by atoms with E-state index >= 15 is 0 Å². The zero-order chi connectivity index (χ0) is 16.1. The Morgan fingerprint density at radius 1 is 1.13 bits per heavy atom. The molecule has 2 aromatic rings. The number of methoxy groups -OCH3 is 1. The van der Waals surface area contributed by atoms with E-state index in [1.54, 1.807) is 13.2 Å². The molecule has 5 nitrogen and oxygen atoms in total. The van der Waals surface area contributed by atoms with Crippen LogP contribution in [0.5, 0.6) is 5.75 Å². The molecule has 0 amide bonds. The number of nitriles is 1. The molecule has 1 aliphatic carbocycles. The Hall–Kier alpha value is -2.61. The first-order chi connectivity index (χ1) is 11.3. The molecule has 0 saturated heterocycles. The Labute approximate surface area is 136 Å². The lowest BCUT2D eigenvalue weighted by atomic mass is 9.96. The topological polar surface area (TPSA) is 70.8 Å². The van der Waals surface area contributed by atoms with Crippen LogP contribution in [0.15, 0.2) is 30.3 Å². The van der Waals surface area contributed by atoms with Gasteiger partial charge >= 0.3 is 0 Å². The van der Waals surface area contributed by atoms with Gasteiger partial charge in [0.25, 0.3) is 0 Å². The Balaban J connectivity index is 1.87. The highest BCUT2D eigenvalue weighted by atomic mass is 16.5. The zero-order valence-corrected chi connectivity index (χ0v) is 13.2. The van der Waals surface area contributed by atoms with Crippen LogP contribution in [-0.2, 0) is 0 Å². The van der Waals surface area contributed by atoms with Gasteiger partial charge in [0, 0.05) is 17.7 Å². The Bertz CT molecular complexity index is 700. The van der Waals surface area contributed by atoms with E-state index in [0.29, 0.717) is 17.7 Å². The lowest BCUT2D eigenvalue weighted by Gasteiger charge is -2.22. The molecule has 1 N–H and O–H groups in total. The van der Waals surface area contributed by atoms with Gasteiger partial charge < -0.3 is 10.1 Å². The molecule has 3 rings (SSSR count). The minimum atomic E-state index is 0.379. The summed E-state index contributed by atoms with van der Waals surface area (Å²) in [7, 11) is 1.64. The first kappa shape index (κ1) is 15.3. The van der Waals surface area contributed by atoms with E-state index < -0.39 is 0 Å². The van der Waals surface area contributed by atoms with Crippen LogP contribution >= 0.6 is 0 Å². The molecule has 0 unspecified atom stereocenters. The van der Waals surface area contributed by atoms with Crippen LogP contribution in [0.1, 0.15) is 37.8 Å². The van der Waals surface area contributed by atoms with Crippen molar-refractivity contribution in [1.82, 2.24) is 9.97 Å². The third-order valence-electron chi connectivity index (χ3n) is 4.16. The number of nitrogens with one attached hydrogen (secondary N) is 1. The van der Waals surface area contributed by atoms with Gasteiger partial charge in [0.15, 0.2) is 0 Å². The molecule has 0 aliphatic heterocycles. The van der Waals surface area contributed by atoms with Gasteiger partial charge in [-0.05, 0) is 37.1 Å².